The number of anilines is 1. The zero-order valence-electron chi connectivity index (χ0n) is 10.3. The van der Waals surface area contributed by atoms with Crippen LogP contribution in [0.3, 0.4) is 0 Å². The lowest BCUT2D eigenvalue weighted by Crippen LogP contribution is -2.15. The van der Waals surface area contributed by atoms with Gasteiger partial charge in [0, 0.05) is 6.42 Å². The largest absolute Gasteiger partial charge is 0.335 e. The predicted molar refractivity (Wildman–Crippen MR) is 65.6 cm³/mol. The lowest BCUT2D eigenvalue weighted by molar-refractivity contribution is 0.426. The molecule has 2 rings (SSSR count). The first-order chi connectivity index (χ1) is 8.92. The number of halogens is 1. The van der Waals surface area contributed by atoms with Crippen LogP contribution in [0.25, 0.3) is 0 Å². The van der Waals surface area contributed by atoms with Gasteiger partial charge in [-0.1, -0.05) is 18.1 Å². The Kier molecular flexibility index (Phi) is 3.52. The highest BCUT2D eigenvalue weighted by Crippen LogP contribution is 2.18. The van der Waals surface area contributed by atoms with Crippen LogP contribution < -0.4 is 4.72 Å². The molecular formula is C11H12FN3O3S. The highest BCUT2D eigenvalue weighted by atomic mass is 32.2. The maximum atomic E-state index is 13.6. The molecule has 19 heavy (non-hydrogen) atoms. The summed E-state index contributed by atoms with van der Waals surface area (Å²) in [6, 6.07) is 3.55. The van der Waals surface area contributed by atoms with Gasteiger partial charge in [0.15, 0.2) is 5.82 Å². The smallest absolute Gasteiger partial charge is 0.314 e. The normalized spacial score (nSPS) is 11.5. The summed E-state index contributed by atoms with van der Waals surface area (Å²) in [6.07, 6.45) is 0.504. The number of nitrogens with one attached hydrogen (secondary N) is 1. The summed E-state index contributed by atoms with van der Waals surface area (Å²) in [4.78, 5) is 3.33. The molecule has 0 unspecified atom stereocenters. The van der Waals surface area contributed by atoms with Gasteiger partial charge >= 0.3 is 6.01 Å². The molecule has 1 heterocycles. The van der Waals surface area contributed by atoms with Crippen LogP contribution in [0.2, 0.25) is 0 Å². The minimum Gasteiger partial charge on any atom is -0.314 e. The molecule has 1 N–H and O–H groups in total. The number of aromatic nitrogens is 2. The topological polar surface area (TPSA) is 85.1 Å². The van der Waals surface area contributed by atoms with Crippen molar-refractivity contribution in [3.05, 3.63) is 35.4 Å². The first kappa shape index (κ1) is 13.5. The number of nitrogens with zero attached hydrogens (tertiary/aromatic N) is 2. The van der Waals surface area contributed by atoms with E-state index < -0.39 is 20.7 Å². The summed E-state index contributed by atoms with van der Waals surface area (Å²) in [5.41, 5.74) is 0.627. The maximum Gasteiger partial charge on any atom is 0.335 e. The molecule has 0 atom stereocenters. The molecule has 102 valence electrons. The first-order valence-corrected chi connectivity index (χ1v) is 7.02. The van der Waals surface area contributed by atoms with Crippen molar-refractivity contribution in [1.29, 1.82) is 0 Å². The Morgan fingerprint density at radius 1 is 1.42 bits per heavy atom. The summed E-state index contributed by atoms with van der Waals surface area (Å²) in [5.74, 6) is -0.468. The van der Waals surface area contributed by atoms with Crippen molar-refractivity contribution < 1.29 is 17.3 Å². The summed E-state index contributed by atoms with van der Waals surface area (Å²) >= 11 is 0. The van der Waals surface area contributed by atoms with E-state index in [1.54, 1.807) is 13.8 Å². The zero-order valence-corrected chi connectivity index (χ0v) is 11.2. The van der Waals surface area contributed by atoms with Crippen LogP contribution in [-0.2, 0) is 16.4 Å². The minimum atomic E-state index is -4.08. The maximum absolute atomic E-state index is 13.6. The number of aryl methyl sites for hydroxylation is 2. The lowest BCUT2D eigenvalue weighted by atomic mass is 10.2. The van der Waals surface area contributed by atoms with Gasteiger partial charge in [0.1, 0.15) is 10.7 Å². The fourth-order valence-corrected chi connectivity index (χ4v) is 2.42. The number of benzene rings is 1. The highest BCUT2D eigenvalue weighted by Gasteiger charge is 2.21. The Bertz CT molecular complexity index is 697. The van der Waals surface area contributed by atoms with Crippen molar-refractivity contribution in [2.45, 2.75) is 25.2 Å². The predicted octanol–water partition coefficient (Wildman–Crippen LogP) is 1.88. The molecule has 0 amide bonds. The van der Waals surface area contributed by atoms with E-state index >= 15 is 0 Å². The Morgan fingerprint density at radius 2 is 2.16 bits per heavy atom. The van der Waals surface area contributed by atoms with Gasteiger partial charge in [-0.05, 0) is 24.6 Å². The van der Waals surface area contributed by atoms with Crippen LogP contribution in [-0.4, -0.2) is 18.6 Å². The van der Waals surface area contributed by atoms with Gasteiger partial charge in [0.25, 0.3) is 10.0 Å². The van der Waals surface area contributed by atoms with Crippen molar-refractivity contribution >= 4 is 16.0 Å². The van der Waals surface area contributed by atoms with Crippen LogP contribution >= 0.6 is 0 Å². The second-order valence-electron chi connectivity index (χ2n) is 3.91. The third-order valence-electron chi connectivity index (χ3n) is 2.38. The van der Waals surface area contributed by atoms with E-state index in [0.29, 0.717) is 17.8 Å². The summed E-state index contributed by atoms with van der Waals surface area (Å²) in [5, 5.41) is 3.54. The number of hydrogen-bond donors (Lipinski definition) is 1. The van der Waals surface area contributed by atoms with Crippen molar-refractivity contribution in [2.75, 3.05) is 4.72 Å². The Labute approximate surface area is 109 Å². The standard InChI is InChI=1S/C11H12FN3O3S/c1-3-10-13-11(18-14-10)15-19(16,17)9-5-4-7(2)6-8(9)12/h4-6H,3H2,1-2H3,(H,13,14,15). The summed E-state index contributed by atoms with van der Waals surface area (Å²) < 4.78 is 44.3. The van der Waals surface area contributed by atoms with E-state index in [0.717, 1.165) is 6.07 Å². The van der Waals surface area contributed by atoms with Gasteiger partial charge in [0.05, 0.1) is 0 Å². The van der Waals surface area contributed by atoms with Gasteiger partial charge in [0.2, 0.25) is 0 Å². The average molecular weight is 285 g/mol. The molecule has 0 bridgehead atoms. The fourth-order valence-electron chi connectivity index (χ4n) is 1.43. The van der Waals surface area contributed by atoms with Crippen LogP contribution in [0, 0.1) is 12.7 Å². The van der Waals surface area contributed by atoms with E-state index in [1.165, 1.54) is 12.1 Å². The van der Waals surface area contributed by atoms with Gasteiger partial charge in [-0.2, -0.15) is 4.98 Å². The van der Waals surface area contributed by atoms with E-state index in [4.69, 9.17) is 4.52 Å². The van der Waals surface area contributed by atoms with Crippen molar-refractivity contribution in [3.8, 4) is 0 Å². The van der Waals surface area contributed by atoms with Gasteiger partial charge < -0.3 is 4.52 Å². The molecule has 0 saturated heterocycles. The summed E-state index contributed by atoms with van der Waals surface area (Å²) in [7, 11) is -4.08. The number of sulfonamides is 1. The molecule has 2 aromatic rings. The molecule has 0 spiro atoms. The van der Waals surface area contributed by atoms with Crippen LogP contribution in [0.1, 0.15) is 18.3 Å². The average Bonchev–Trinajstić information content (AvgIpc) is 2.75. The molecule has 0 fully saturated rings. The second kappa shape index (κ2) is 4.96. The van der Waals surface area contributed by atoms with Crippen LogP contribution in [0.4, 0.5) is 10.4 Å². The van der Waals surface area contributed by atoms with Gasteiger partial charge in [-0.15, -0.1) is 0 Å². The van der Waals surface area contributed by atoms with Gasteiger partial charge in [-0.3, -0.25) is 0 Å². The highest BCUT2D eigenvalue weighted by molar-refractivity contribution is 7.92. The van der Waals surface area contributed by atoms with Crippen molar-refractivity contribution in [1.82, 2.24) is 10.1 Å². The van der Waals surface area contributed by atoms with E-state index in [1.807, 2.05) is 4.72 Å². The molecule has 0 aliphatic heterocycles. The minimum absolute atomic E-state index is 0.281. The third-order valence-corrected chi connectivity index (χ3v) is 3.74. The number of rotatable bonds is 4. The molecule has 1 aromatic heterocycles. The first-order valence-electron chi connectivity index (χ1n) is 5.54. The van der Waals surface area contributed by atoms with Crippen LogP contribution in [0.5, 0.6) is 0 Å². The van der Waals surface area contributed by atoms with Crippen molar-refractivity contribution in [2.24, 2.45) is 0 Å². The SMILES string of the molecule is CCc1noc(NS(=O)(=O)c2ccc(C)cc2F)n1. The molecule has 0 aliphatic rings. The monoisotopic (exact) mass is 285 g/mol. The fraction of sp³-hybridized carbons (Fsp3) is 0.273. The molecule has 1 aromatic carbocycles. The Hall–Kier alpha value is -1.96. The third kappa shape index (κ3) is 2.90. The van der Waals surface area contributed by atoms with Crippen molar-refractivity contribution in [3.63, 3.8) is 0 Å². The van der Waals surface area contributed by atoms with E-state index in [2.05, 4.69) is 10.1 Å². The second-order valence-corrected chi connectivity index (χ2v) is 5.56. The molecule has 8 heteroatoms. The van der Waals surface area contributed by atoms with E-state index in [9.17, 15) is 12.8 Å². The zero-order chi connectivity index (χ0) is 14.0. The quantitative estimate of drug-likeness (QED) is 0.927. The number of hydrogen-bond acceptors (Lipinski definition) is 5. The van der Waals surface area contributed by atoms with Crippen LogP contribution in [0.15, 0.2) is 27.6 Å². The summed E-state index contributed by atoms with van der Waals surface area (Å²) in [6.45, 7) is 3.46. The molecule has 6 nitrogen and oxygen atoms in total. The molecular weight excluding hydrogens is 273 g/mol. The van der Waals surface area contributed by atoms with E-state index in [-0.39, 0.29) is 6.01 Å². The molecule has 0 saturated carbocycles. The van der Waals surface area contributed by atoms with Gasteiger partial charge in [-0.25, -0.2) is 17.5 Å². The molecule has 0 aliphatic carbocycles. The Balaban J connectivity index is 2.32. The Morgan fingerprint density at radius 3 is 2.74 bits per heavy atom. The molecule has 0 radical (unpaired) electrons. The lowest BCUT2D eigenvalue weighted by Gasteiger charge is -2.05.